The predicted octanol–water partition coefficient (Wildman–Crippen LogP) is 5.90. The van der Waals surface area contributed by atoms with Gasteiger partial charge in [0.1, 0.15) is 23.3 Å². The lowest BCUT2D eigenvalue weighted by Crippen LogP contribution is -2.30. The van der Waals surface area contributed by atoms with E-state index >= 15 is 0 Å². The summed E-state index contributed by atoms with van der Waals surface area (Å²) in [6.07, 6.45) is 0. The maximum atomic E-state index is 13.2. The minimum atomic E-state index is -0.863. The van der Waals surface area contributed by atoms with Gasteiger partial charge in [-0.2, -0.15) is 0 Å². The predicted molar refractivity (Wildman–Crippen MR) is 123 cm³/mol. The van der Waals surface area contributed by atoms with Crippen LogP contribution in [0.15, 0.2) is 63.0 Å². The Labute approximate surface area is 189 Å². The van der Waals surface area contributed by atoms with Crippen LogP contribution in [0.3, 0.4) is 0 Å². The molecule has 5 nitrogen and oxygen atoms in total. The smallest absolute Gasteiger partial charge is 0.300 e. The Hall–Kier alpha value is -3.12. The number of furan rings is 1. The number of carbonyl (C=O) groups excluding carboxylic acids is 2. The Morgan fingerprint density at radius 2 is 1.74 bits per heavy atom. The lowest BCUT2D eigenvalue weighted by molar-refractivity contribution is -0.132. The molecule has 2 aromatic carbocycles. The SMILES string of the molecule is Cc1ccc(C2/C(=C(/O)c3ccc(Br)c(C)c3)C(=O)C(=O)N2c2cccc(C)c2C)o1. The van der Waals surface area contributed by atoms with E-state index < -0.39 is 17.7 Å². The molecule has 6 heteroatoms. The molecule has 3 aromatic rings. The third-order valence-electron chi connectivity index (χ3n) is 5.74. The number of amides is 1. The Balaban J connectivity index is 1.98. The van der Waals surface area contributed by atoms with Crippen molar-refractivity contribution in [3.63, 3.8) is 0 Å². The van der Waals surface area contributed by atoms with Crippen molar-refractivity contribution in [1.29, 1.82) is 0 Å². The van der Waals surface area contributed by atoms with Crippen molar-refractivity contribution in [3.05, 3.63) is 92.4 Å². The van der Waals surface area contributed by atoms with Crippen molar-refractivity contribution in [2.75, 3.05) is 4.90 Å². The van der Waals surface area contributed by atoms with Crippen LogP contribution >= 0.6 is 15.9 Å². The molecule has 0 spiro atoms. The molecule has 1 unspecified atom stereocenters. The zero-order valence-electron chi connectivity index (χ0n) is 17.7. The van der Waals surface area contributed by atoms with Gasteiger partial charge in [-0.1, -0.05) is 34.1 Å². The van der Waals surface area contributed by atoms with Crippen LogP contribution in [0.5, 0.6) is 0 Å². The average Bonchev–Trinajstić information content (AvgIpc) is 3.27. The summed E-state index contributed by atoms with van der Waals surface area (Å²) >= 11 is 3.45. The maximum Gasteiger partial charge on any atom is 0.300 e. The van der Waals surface area contributed by atoms with E-state index in [2.05, 4.69) is 15.9 Å². The van der Waals surface area contributed by atoms with E-state index in [1.807, 2.05) is 32.9 Å². The number of aryl methyl sites for hydroxylation is 3. The van der Waals surface area contributed by atoms with Gasteiger partial charge in [-0.05, 0) is 74.7 Å². The molecule has 0 bridgehead atoms. The molecule has 2 heterocycles. The number of hydrogen-bond donors (Lipinski definition) is 1. The van der Waals surface area contributed by atoms with E-state index in [-0.39, 0.29) is 11.3 Å². The fourth-order valence-corrected chi connectivity index (χ4v) is 4.14. The maximum absolute atomic E-state index is 13.2. The monoisotopic (exact) mass is 479 g/mol. The molecule has 0 aliphatic carbocycles. The van der Waals surface area contributed by atoms with Crippen molar-refractivity contribution in [2.45, 2.75) is 33.7 Å². The Kier molecular flexibility index (Phi) is 5.35. The normalized spacial score (nSPS) is 18.1. The summed E-state index contributed by atoms with van der Waals surface area (Å²) in [4.78, 5) is 27.8. The van der Waals surface area contributed by atoms with E-state index in [0.717, 1.165) is 21.2 Å². The molecule has 0 saturated carbocycles. The van der Waals surface area contributed by atoms with Gasteiger partial charge >= 0.3 is 0 Å². The van der Waals surface area contributed by atoms with Crippen LogP contribution in [-0.2, 0) is 9.59 Å². The van der Waals surface area contributed by atoms with E-state index in [0.29, 0.717) is 22.8 Å². The van der Waals surface area contributed by atoms with E-state index in [1.165, 1.54) is 4.90 Å². The lowest BCUT2D eigenvalue weighted by Gasteiger charge is -2.25. The van der Waals surface area contributed by atoms with Gasteiger partial charge in [0.2, 0.25) is 0 Å². The molecular weight excluding hydrogens is 458 g/mol. The molecule has 1 aliphatic heterocycles. The summed E-state index contributed by atoms with van der Waals surface area (Å²) in [6, 6.07) is 13.5. The first kappa shape index (κ1) is 21.1. The minimum absolute atomic E-state index is 0.0157. The summed E-state index contributed by atoms with van der Waals surface area (Å²) in [5.41, 5.74) is 3.88. The zero-order valence-corrected chi connectivity index (χ0v) is 19.3. The van der Waals surface area contributed by atoms with Crippen molar-refractivity contribution in [3.8, 4) is 0 Å². The summed E-state index contributed by atoms with van der Waals surface area (Å²) in [5.74, 6) is -0.573. The number of aliphatic hydroxyl groups excluding tert-OH is 1. The van der Waals surface area contributed by atoms with Crippen molar-refractivity contribution in [2.24, 2.45) is 0 Å². The third kappa shape index (κ3) is 3.51. The van der Waals surface area contributed by atoms with Crippen molar-refractivity contribution >= 4 is 39.1 Å². The number of benzene rings is 2. The number of aliphatic hydroxyl groups is 1. The van der Waals surface area contributed by atoms with Gasteiger partial charge < -0.3 is 9.52 Å². The molecule has 31 heavy (non-hydrogen) atoms. The first-order valence-electron chi connectivity index (χ1n) is 9.90. The van der Waals surface area contributed by atoms with E-state index in [1.54, 1.807) is 43.3 Å². The summed E-state index contributed by atoms with van der Waals surface area (Å²) < 4.78 is 6.73. The van der Waals surface area contributed by atoms with Crippen LogP contribution in [-0.4, -0.2) is 16.8 Å². The number of anilines is 1. The van der Waals surface area contributed by atoms with Gasteiger partial charge in [0.25, 0.3) is 11.7 Å². The van der Waals surface area contributed by atoms with Crippen LogP contribution in [0.4, 0.5) is 5.69 Å². The highest BCUT2D eigenvalue weighted by Gasteiger charge is 2.48. The summed E-state index contributed by atoms with van der Waals surface area (Å²) in [7, 11) is 0. The van der Waals surface area contributed by atoms with Gasteiger partial charge in [0.15, 0.2) is 0 Å². The van der Waals surface area contributed by atoms with E-state index in [9.17, 15) is 14.7 Å². The second-order valence-corrected chi connectivity index (χ2v) is 8.65. The van der Waals surface area contributed by atoms with Gasteiger partial charge in [-0.3, -0.25) is 14.5 Å². The van der Waals surface area contributed by atoms with Gasteiger partial charge in [0, 0.05) is 15.7 Å². The highest BCUT2D eigenvalue weighted by molar-refractivity contribution is 9.10. The van der Waals surface area contributed by atoms with Crippen molar-refractivity contribution in [1.82, 2.24) is 0 Å². The van der Waals surface area contributed by atoms with Crippen LogP contribution in [0.2, 0.25) is 0 Å². The quantitative estimate of drug-likeness (QED) is 0.288. The topological polar surface area (TPSA) is 70.8 Å². The Bertz CT molecular complexity index is 1250. The van der Waals surface area contributed by atoms with Gasteiger partial charge in [0.05, 0.1) is 5.57 Å². The van der Waals surface area contributed by atoms with E-state index in [4.69, 9.17) is 4.42 Å². The molecule has 1 aromatic heterocycles. The van der Waals surface area contributed by atoms with Crippen LogP contribution in [0.25, 0.3) is 5.76 Å². The molecule has 1 atom stereocenters. The lowest BCUT2D eigenvalue weighted by atomic mass is 9.98. The Morgan fingerprint density at radius 3 is 2.39 bits per heavy atom. The standard InChI is InChI=1S/C25H22BrNO4/c1-13-6-5-7-19(16(13)4)27-22(20-11-8-15(3)31-20)21(24(29)25(27)30)23(28)17-9-10-18(26)14(2)12-17/h5-12,22,28H,1-4H3/b23-21-. The number of ketones is 1. The van der Waals surface area contributed by atoms with Crippen molar-refractivity contribution < 1.29 is 19.1 Å². The fourth-order valence-electron chi connectivity index (χ4n) is 3.89. The molecule has 1 amide bonds. The third-order valence-corrected chi connectivity index (χ3v) is 6.63. The first-order valence-corrected chi connectivity index (χ1v) is 10.7. The number of hydrogen-bond acceptors (Lipinski definition) is 4. The molecule has 0 radical (unpaired) electrons. The number of halogens is 1. The largest absolute Gasteiger partial charge is 0.507 e. The van der Waals surface area contributed by atoms with Gasteiger partial charge in [-0.25, -0.2) is 0 Å². The number of nitrogens with zero attached hydrogens (tertiary/aromatic N) is 1. The second kappa shape index (κ2) is 7.85. The molecule has 158 valence electrons. The van der Waals surface area contributed by atoms with Crippen LogP contribution < -0.4 is 4.90 Å². The average molecular weight is 480 g/mol. The highest BCUT2D eigenvalue weighted by Crippen LogP contribution is 2.44. The second-order valence-electron chi connectivity index (χ2n) is 7.80. The summed E-state index contributed by atoms with van der Waals surface area (Å²) in [5, 5.41) is 11.2. The molecule has 4 rings (SSSR count). The van der Waals surface area contributed by atoms with Gasteiger partial charge in [-0.15, -0.1) is 0 Å². The number of Topliss-reactive ketones (excluding diaryl/α,β-unsaturated/α-hetero) is 1. The van der Waals surface area contributed by atoms with Crippen LogP contribution in [0, 0.1) is 27.7 Å². The molecule has 1 N–H and O–H groups in total. The molecule has 1 saturated heterocycles. The fraction of sp³-hybridized carbons (Fsp3) is 0.200. The molecular formula is C25H22BrNO4. The minimum Gasteiger partial charge on any atom is -0.507 e. The zero-order chi connectivity index (χ0) is 22.4. The molecule has 1 aliphatic rings. The number of carbonyl (C=O) groups is 2. The van der Waals surface area contributed by atoms with Crippen LogP contribution in [0.1, 0.15) is 39.8 Å². The molecule has 1 fully saturated rings. The Morgan fingerprint density at radius 1 is 1.00 bits per heavy atom. The number of rotatable bonds is 3. The summed E-state index contributed by atoms with van der Waals surface area (Å²) in [6.45, 7) is 7.55. The highest BCUT2D eigenvalue weighted by atomic mass is 79.9. The first-order chi connectivity index (χ1) is 14.7.